The van der Waals surface area contributed by atoms with E-state index in [0.29, 0.717) is 26.4 Å². The van der Waals surface area contributed by atoms with Crippen molar-refractivity contribution in [3.8, 4) is 0 Å². The second-order valence-electron chi connectivity index (χ2n) is 7.05. The SMILES string of the molecule is CCCOCCCOCC(=O)NCCOCCOCC(=O)C[C@@H](CCC(C)=O)C(=O)O. The third-order valence-corrected chi connectivity index (χ3v) is 4.03. The molecule has 0 aliphatic heterocycles. The van der Waals surface area contributed by atoms with Crippen LogP contribution < -0.4 is 5.32 Å². The number of aliphatic carboxylic acids is 1. The first-order chi connectivity index (χ1) is 14.9. The fourth-order valence-corrected chi connectivity index (χ4v) is 2.42. The molecule has 0 aromatic rings. The van der Waals surface area contributed by atoms with E-state index in [1.807, 2.05) is 6.92 Å². The number of amides is 1. The molecule has 0 aliphatic rings. The van der Waals surface area contributed by atoms with Gasteiger partial charge in [0.15, 0.2) is 5.78 Å². The molecule has 0 spiro atoms. The van der Waals surface area contributed by atoms with Gasteiger partial charge >= 0.3 is 5.97 Å². The minimum Gasteiger partial charge on any atom is -0.481 e. The number of rotatable bonds is 22. The lowest BCUT2D eigenvalue weighted by Crippen LogP contribution is -2.31. The van der Waals surface area contributed by atoms with Crippen molar-refractivity contribution in [2.75, 3.05) is 59.4 Å². The number of carbonyl (C=O) groups excluding carboxylic acids is 3. The maximum atomic E-state index is 11.8. The van der Waals surface area contributed by atoms with E-state index in [2.05, 4.69) is 5.32 Å². The van der Waals surface area contributed by atoms with Gasteiger partial charge in [-0.05, 0) is 26.2 Å². The number of Topliss-reactive ketones (excluding diaryl/α,β-unsaturated/α-hetero) is 2. The van der Waals surface area contributed by atoms with Crippen molar-refractivity contribution in [2.24, 2.45) is 5.92 Å². The minimum absolute atomic E-state index is 0.0112. The summed E-state index contributed by atoms with van der Waals surface area (Å²) in [5.74, 6) is -2.63. The van der Waals surface area contributed by atoms with Crippen molar-refractivity contribution in [3.05, 3.63) is 0 Å². The topological polar surface area (TPSA) is 137 Å². The number of ketones is 2. The minimum atomic E-state index is -1.09. The molecule has 180 valence electrons. The molecular formula is C21H37NO9. The Balaban J connectivity index is 3.57. The van der Waals surface area contributed by atoms with E-state index in [1.165, 1.54) is 6.92 Å². The summed E-state index contributed by atoms with van der Waals surface area (Å²) in [4.78, 5) is 45.5. The third kappa shape index (κ3) is 19.8. The molecule has 0 saturated heterocycles. The lowest BCUT2D eigenvalue weighted by atomic mass is 9.96. The van der Waals surface area contributed by atoms with Crippen LogP contribution in [0.25, 0.3) is 0 Å². The Morgan fingerprint density at radius 3 is 2.19 bits per heavy atom. The molecule has 0 saturated carbocycles. The maximum Gasteiger partial charge on any atom is 0.306 e. The molecule has 2 N–H and O–H groups in total. The molecule has 0 aromatic carbocycles. The van der Waals surface area contributed by atoms with E-state index in [4.69, 9.17) is 24.1 Å². The highest BCUT2D eigenvalue weighted by Gasteiger charge is 2.21. The number of carboxylic acids is 1. The Morgan fingerprint density at radius 1 is 0.871 bits per heavy atom. The molecule has 0 fully saturated rings. The molecule has 0 aromatic heterocycles. The van der Waals surface area contributed by atoms with Gasteiger partial charge in [-0.25, -0.2) is 0 Å². The van der Waals surface area contributed by atoms with Crippen LogP contribution in [0.4, 0.5) is 0 Å². The van der Waals surface area contributed by atoms with Gasteiger partial charge in [0.05, 0.1) is 25.7 Å². The standard InChI is InChI=1S/C21H37NO9/c1-3-8-28-9-4-10-30-16-20(25)22-7-11-29-12-13-31-15-19(24)14-18(21(26)27)6-5-17(2)23/h18H,3-16H2,1-2H3,(H,22,25)(H,26,27)/t18-/m1/s1. The summed E-state index contributed by atoms with van der Waals surface area (Å²) in [6, 6.07) is 0. The van der Waals surface area contributed by atoms with Crippen LogP contribution in [0.1, 0.15) is 46.0 Å². The molecule has 0 aliphatic carbocycles. The summed E-state index contributed by atoms with van der Waals surface area (Å²) in [6.45, 7) is 6.07. The van der Waals surface area contributed by atoms with Crippen LogP contribution in [-0.4, -0.2) is 87.9 Å². The highest BCUT2D eigenvalue weighted by Crippen LogP contribution is 2.12. The molecule has 31 heavy (non-hydrogen) atoms. The highest BCUT2D eigenvalue weighted by molar-refractivity contribution is 5.85. The van der Waals surface area contributed by atoms with Crippen molar-refractivity contribution in [1.29, 1.82) is 0 Å². The Morgan fingerprint density at radius 2 is 1.52 bits per heavy atom. The summed E-state index contributed by atoms with van der Waals surface area (Å²) in [6.07, 6.45) is 1.84. The van der Waals surface area contributed by atoms with Crippen molar-refractivity contribution in [1.82, 2.24) is 5.32 Å². The largest absolute Gasteiger partial charge is 0.481 e. The van der Waals surface area contributed by atoms with Crippen LogP contribution in [0.3, 0.4) is 0 Å². The van der Waals surface area contributed by atoms with Crippen molar-refractivity contribution >= 4 is 23.4 Å². The molecule has 1 atom stereocenters. The monoisotopic (exact) mass is 447 g/mol. The number of hydrogen-bond acceptors (Lipinski definition) is 8. The van der Waals surface area contributed by atoms with E-state index in [1.54, 1.807) is 0 Å². The summed E-state index contributed by atoms with van der Waals surface area (Å²) < 4.78 is 21.0. The van der Waals surface area contributed by atoms with Gasteiger partial charge in [0.25, 0.3) is 0 Å². The maximum absolute atomic E-state index is 11.8. The first-order valence-electron chi connectivity index (χ1n) is 10.7. The Labute approximate surface area is 183 Å². The second-order valence-corrected chi connectivity index (χ2v) is 7.05. The average molecular weight is 448 g/mol. The summed E-state index contributed by atoms with van der Waals surface area (Å²) in [7, 11) is 0. The zero-order valence-electron chi connectivity index (χ0n) is 18.7. The first kappa shape index (κ1) is 29.1. The van der Waals surface area contributed by atoms with Gasteiger partial charge in [0.1, 0.15) is 19.0 Å². The van der Waals surface area contributed by atoms with Gasteiger partial charge in [0, 0.05) is 39.2 Å². The molecule has 0 heterocycles. The zero-order chi connectivity index (χ0) is 23.3. The smallest absolute Gasteiger partial charge is 0.306 e. The van der Waals surface area contributed by atoms with E-state index >= 15 is 0 Å². The molecule has 10 heteroatoms. The van der Waals surface area contributed by atoms with Gasteiger partial charge in [-0.2, -0.15) is 0 Å². The van der Waals surface area contributed by atoms with Crippen LogP contribution in [-0.2, 0) is 38.1 Å². The molecule has 0 bridgehead atoms. The molecule has 0 unspecified atom stereocenters. The predicted octanol–water partition coefficient (Wildman–Crippen LogP) is 0.998. The fourth-order valence-electron chi connectivity index (χ4n) is 2.42. The summed E-state index contributed by atoms with van der Waals surface area (Å²) >= 11 is 0. The van der Waals surface area contributed by atoms with Crippen LogP contribution in [0.2, 0.25) is 0 Å². The van der Waals surface area contributed by atoms with Gasteiger partial charge in [0.2, 0.25) is 5.91 Å². The fraction of sp³-hybridized carbons (Fsp3) is 0.810. The van der Waals surface area contributed by atoms with E-state index in [-0.39, 0.29) is 63.2 Å². The summed E-state index contributed by atoms with van der Waals surface area (Å²) in [5, 5.41) is 11.8. The Kier molecular flexibility index (Phi) is 18.8. The van der Waals surface area contributed by atoms with Crippen molar-refractivity contribution < 1.29 is 43.2 Å². The van der Waals surface area contributed by atoms with Crippen molar-refractivity contribution in [3.63, 3.8) is 0 Å². The van der Waals surface area contributed by atoms with Gasteiger partial charge in [-0.1, -0.05) is 6.92 Å². The molecular weight excluding hydrogens is 410 g/mol. The second kappa shape index (κ2) is 20.0. The van der Waals surface area contributed by atoms with Crippen LogP contribution in [0, 0.1) is 5.92 Å². The Hall–Kier alpha value is -1.88. The molecule has 10 nitrogen and oxygen atoms in total. The van der Waals surface area contributed by atoms with E-state index < -0.39 is 11.9 Å². The zero-order valence-corrected chi connectivity index (χ0v) is 18.7. The highest BCUT2D eigenvalue weighted by atomic mass is 16.5. The van der Waals surface area contributed by atoms with E-state index in [9.17, 15) is 19.2 Å². The molecule has 1 amide bonds. The van der Waals surface area contributed by atoms with Crippen LogP contribution in [0.5, 0.6) is 0 Å². The lowest BCUT2D eigenvalue weighted by molar-refractivity contribution is -0.144. The first-order valence-corrected chi connectivity index (χ1v) is 10.7. The average Bonchev–Trinajstić information content (AvgIpc) is 2.71. The number of nitrogens with one attached hydrogen (secondary N) is 1. The molecule has 0 radical (unpaired) electrons. The summed E-state index contributed by atoms with van der Waals surface area (Å²) in [5.41, 5.74) is 0. The number of ether oxygens (including phenoxy) is 4. The number of carboxylic acid groups (broad SMARTS) is 1. The van der Waals surface area contributed by atoms with Crippen LogP contribution in [0.15, 0.2) is 0 Å². The number of carbonyl (C=O) groups is 4. The van der Waals surface area contributed by atoms with E-state index in [0.717, 1.165) is 19.4 Å². The lowest BCUT2D eigenvalue weighted by Gasteiger charge is -2.11. The van der Waals surface area contributed by atoms with Crippen molar-refractivity contribution in [2.45, 2.75) is 46.0 Å². The molecule has 0 rings (SSSR count). The predicted molar refractivity (Wildman–Crippen MR) is 112 cm³/mol. The van der Waals surface area contributed by atoms with Crippen LogP contribution >= 0.6 is 0 Å². The quantitative estimate of drug-likeness (QED) is 0.233. The Bertz CT molecular complexity index is 525. The third-order valence-electron chi connectivity index (χ3n) is 4.03. The normalized spacial score (nSPS) is 11.8. The number of hydrogen-bond donors (Lipinski definition) is 2. The van der Waals surface area contributed by atoms with Gasteiger partial charge < -0.3 is 34.2 Å². The van der Waals surface area contributed by atoms with Gasteiger partial charge in [-0.15, -0.1) is 0 Å². The van der Waals surface area contributed by atoms with Gasteiger partial charge in [-0.3, -0.25) is 14.4 Å².